The third-order valence-corrected chi connectivity index (χ3v) is 9.41. The van der Waals surface area contributed by atoms with Gasteiger partial charge in [0.25, 0.3) is 0 Å². The molecule has 0 N–H and O–H groups in total. The molecule has 0 saturated heterocycles. The van der Waals surface area contributed by atoms with Gasteiger partial charge in [0.15, 0.2) is 0 Å². The Morgan fingerprint density at radius 2 is 1.14 bits per heavy atom. The first-order chi connectivity index (χ1) is 21.1. The van der Waals surface area contributed by atoms with Gasteiger partial charge in [0.1, 0.15) is 11.5 Å². The summed E-state index contributed by atoms with van der Waals surface area (Å²) in [5, 5.41) is 7.53. The number of ether oxygens (including phenoxy) is 1. The van der Waals surface area contributed by atoms with Crippen LogP contribution in [-0.2, 0) is 5.41 Å². The highest BCUT2D eigenvalue weighted by atomic mass is 16.5. The number of rotatable bonds is 2. The Kier molecular flexibility index (Phi) is 4.99. The summed E-state index contributed by atoms with van der Waals surface area (Å²) < 4.78 is 8.88. The van der Waals surface area contributed by atoms with Gasteiger partial charge in [-0.25, -0.2) is 0 Å². The first kappa shape index (κ1) is 24.3. The van der Waals surface area contributed by atoms with E-state index in [1.165, 1.54) is 71.3 Å². The van der Waals surface area contributed by atoms with Crippen molar-refractivity contribution in [2.45, 2.75) is 19.3 Å². The fourth-order valence-electron chi connectivity index (χ4n) is 7.32. The van der Waals surface area contributed by atoms with Crippen LogP contribution in [0.4, 0.5) is 0 Å². The topological polar surface area (TPSA) is 14.2 Å². The molecule has 0 aliphatic carbocycles. The molecule has 0 unspecified atom stereocenters. The highest BCUT2D eigenvalue weighted by molar-refractivity contribution is 6.26. The summed E-state index contributed by atoms with van der Waals surface area (Å²) in [5.74, 6) is 1.88. The molecule has 1 aromatic heterocycles. The minimum Gasteiger partial charge on any atom is -0.457 e. The van der Waals surface area contributed by atoms with E-state index >= 15 is 0 Å². The Morgan fingerprint density at radius 3 is 2.00 bits per heavy atom. The van der Waals surface area contributed by atoms with E-state index in [9.17, 15) is 0 Å². The molecule has 0 atom stereocenters. The zero-order chi connectivity index (χ0) is 28.7. The minimum absolute atomic E-state index is 0.178. The van der Waals surface area contributed by atoms with Crippen LogP contribution >= 0.6 is 0 Å². The third kappa shape index (κ3) is 3.41. The van der Waals surface area contributed by atoms with Crippen LogP contribution in [0.25, 0.3) is 60.2 Å². The predicted molar refractivity (Wildman–Crippen MR) is 180 cm³/mol. The van der Waals surface area contributed by atoms with E-state index in [2.05, 4.69) is 152 Å². The zero-order valence-corrected chi connectivity index (χ0v) is 24.1. The fourth-order valence-corrected chi connectivity index (χ4v) is 7.32. The quantitative estimate of drug-likeness (QED) is 0.208. The van der Waals surface area contributed by atoms with Crippen molar-refractivity contribution in [3.8, 4) is 28.3 Å². The predicted octanol–water partition coefficient (Wildman–Crippen LogP) is 11.2. The molecule has 9 rings (SSSR count). The van der Waals surface area contributed by atoms with Gasteiger partial charge in [-0.2, -0.15) is 0 Å². The number of hydrogen-bond acceptors (Lipinski definition) is 1. The molecule has 0 radical (unpaired) electrons. The molecule has 1 aliphatic heterocycles. The molecular weight excluding hydrogens is 522 g/mol. The molecule has 1 aliphatic rings. The van der Waals surface area contributed by atoms with Gasteiger partial charge in [-0.1, -0.05) is 117 Å². The molecule has 2 nitrogen and oxygen atoms in total. The summed E-state index contributed by atoms with van der Waals surface area (Å²) in [4.78, 5) is 0. The van der Waals surface area contributed by atoms with E-state index < -0.39 is 0 Å². The van der Waals surface area contributed by atoms with Gasteiger partial charge in [-0.15, -0.1) is 0 Å². The summed E-state index contributed by atoms with van der Waals surface area (Å²) in [7, 11) is 0. The van der Waals surface area contributed by atoms with Gasteiger partial charge >= 0.3 is 0 Å². The molecule has 43 heavy (non-hydrogen) atoms. The summed E-state index contributed by atoms with van der Waals surface area (Å²) in [6.45, 7) is 4.60. The summed E-state index contributed by atoms with van der Waals surface area (Å²) in [5.41, 5.74) is 8.36. The van der Waals surface area contributed by atoms with Crippen molar-refractivity contribution in [1.82, 2.24) is 4.57 Å². The average Bonchev–Trinajstić information content (AvgIpc) is 3.40. The summed E-state index contributed by atoms with van der Waals surface area (Å²) in [6, 6.07) is 50.5. The maximum atomic E-state index is 6.41. The van der Waals surface area contributed by atoms with Crippen LogP contribution < -0.4 is 4.74 Å². The highest BCUT2D eigenvalue weighted by Gasteiger charge is 2.34. The summed E-state index contributed by atoms with van der Waals surface area (Å²) >= 11 is 0. The number of hydrogen-bond donors (Lipinski definition) is 0. The van der Waals surface area contributed by atoms with Gasteiger partial charge in [-0.05, 0) is 58.3 Å². The second kappa shape index (κ2) is 8.83. The Labute approximate surface area is 250 Å². The molecule has 204 valence electrons. The molecular formula is C41H29NO. The normalized spacial score (nSPS) is 13.7. The first-order valence-corrected chi connectivity index (χ1v) is 14.9. The van der Waals surface area contributed by atoms with E-state index in [-0.39, 0.29) is 5.41 Å². The van der Waals surface area contributed by atoms with E-state index in [0.29, 0.717) is 0 Å². The van der Waals surface area contributed by atoms with Gasteiger partial charge in [0.2, 0.25) is 0 Å². The highest BCUT2D eigenvalue weighted by Crippen LogP contribution is 2.50. The molecule has 0 spiro atoms. The Bertz CT molecular complexity index is 2390. The lowest BCUT2D eigenvalue weighted by Gasteiger charge is -2.34. The smallest absolute Gasteiger partial charge is 0.131 e. The molecule has 2 heteroatoms. The van der Waals surface area contributed by atoms with Crippen molar-refractivity contribution in [3.05, 3.63) is 151 Å². The number of fused-ring (bicyclic) bond motifs is 9. The maximum absolute atomic E-state index is 6.41. The SMILES string of the molecule is CC1(C)c2ccccc2Oc2ccc(-c3cc4c5ccc6ccccc6c5n(-c5ccccc5)c4c4ccccc34)cc21. The molecule has 7 aromatic carbocycles. The fraction of sp³-hybridized carbons (Fsp3) is 0.0732. The first-order valence-electron chi connectivity index (χ1n) is 14.9. The Balaban J connectivity index is 1.39. The molecule has 0 amide bonds. The summed E-state index contributed by atoms with van der Waals surface area (Å²) in [6.07, 6.45) is 0. The number of benzene rings is 7. The standard InChI is InChI=1S/C41H29NO/c1-41(2)35-18-10-11-19-37(35)43-38-23-21-27(24-36(38)41)33-25-34-32-22-20-26-12-6-7-15-29(26)39(32)42(28-13-4-3-5-14-28)40(34)31-17-9-8-16-30(31)33/h3-25H,1-2H3. The van der Waals surface area contributed by atoms with E-state index in [4.69, 9.17) is 4.74 Å². The van der Waals surface area contributed by atoms with Crippen LogP contribution in [0.5, 0.6) is 11.5 Å². The van der Waals surface area contributed by atoms with Crippen molar-refractivity contribution < 1.29 is 4.74 Å². The van der Waals surface area contributed by atoms with Crippen LogP contribution in [0.2, 0.25) is 0 Å². The maximum Gasteiger partial charge on any atom is 0.131 e. The van der Waals surface area contributed by atoms with Crippen molar-refractivity contribution in [2.75, 3.05) is 0 Å². The molecule has 8 aromatic rings. The second-order valence-electron chi connectivity index (χ2n) is 12.2. The lowest BCUT2D eigenvalue weighted by Crippen LogP contribution is -2.24. The van der Waals surface area contributed by atoms with Crippen LogP contribution in [0, 0.1) is 0 Å². The van der Waals surface area contributed by atoms with Gasteiger partial charge in [0.05, 0.1) is 11.0 Å². The molecule has 2 heterocycles. The monoisotopic (exact) mass is 551 g/mol. The second-order valence-corrected chi connectivity index (χ2v) is 12.2. The van der Waals surface area contributed by atoms with E-state index in [1.54, 1.807) is 0 Å². The number of nitrogens with zero attached hydrogens (tertiary/aromatic N) is 1. The van der Waals surface area contributed by atoms with Crippen LogP contribution in [0.3, 0.4) is 0 Å². The van der Waals surface area contributed by atoms with Crippen molar-refractivity contribution in [1.29, 1.82) is 0 Å². The number of aromatic nitrogens is 1. The third-order valence-electron chi connectivity index (χ3n) is 9.41. The van der Waals surface area contributed by atoms with Crippen LogP contribution in [-0.4, -0.2) is 4.57 Å². The van der Waals surface area contributed by atoms with E-state index in [1.807, 2.05) is 6.07 Å². The zero-order valence-electron chi connectivity index (χ0n) is 24.1. The van der Waals surface area contributed by atoms with Crippen molar-refractivity contribution in [2.24, 2.45) is 0 Å². The van der Waals surface area contributed by atoms with Crippen molar-refractivity contribution >= 4 is 43.4 Å². The van der Waals surface area contributed by atoms with Crippen LogP contribution in [0.1, 0.15) is 25.0 Å². The minimum atomic E-state index is -0.178. The lowest BCUT2D eigenvalue weighted by atomic mass is 9.75. The molecule has 0 fully saturated rings. The van der Waals surface area contributed by atoms with Gasteiger partial charge in [-0.3, -0.25) is 0 Å². The van der Waals surface area contributed by atoms with Gasteiger partial charge < -0.3 is 9.30 Å². The van der Waals surface area contributed by atoms with Crippen molar-refractivity contribution in [3.63, 3.8) is 0 Å². The Hall–Kier alpha value is -5.34. The molecule has 0 saturated carbocycles. The number of para-hydroxylation sites is 2. The largest absolute Gasteiger partial charge is 0.457 e. The van der Waals surface area contributed by atoms with Gasteiger partial charge in [0, 0.05) is 43.8 Å². The lowest BCUT2D eigenvalue weighted by molar-refractivity contribution is 0.418. The Morgan fingerprint density at radius 1 is 0.488 bits per heavy atom. The average molecular weight is 552 g/mol. The molecule has 0 bridgehead atoms. The van der Waals surface area contributed by atoms with Crippen LogP contribution in [0.15, 0.2) is 140 Å². The van der Waals surface area contributed by atoms with E-state index in [0.717, 1.165) is 11.5 Å².